The first-order valence-electron chi connectivity index (χ1n) is 6.91. The number of para-hydroxylation sites is 3. The topological polar surface area (TPSA) is 57.8 Å². The number of hydrogen-bond acceptors (Lipinski definition) is 3. The highest BCUT2D eigenvalue weighted by atomic mass is 35.5. The van der Waals surface area contributed by atoms with E-state index < -0.39 is 0 Å². The van der Waals surface area contributed by atoms with Crippen LogP contribution in [-0.4, -0.2) is 21.1 Å². The van der Waals surface area contributed by atoms with Crippen LogP contribution in [0.1, 0.15) is 6.92 Å². The lowest BCUT2D eigenvalue weighted by Gasteiger charge is -2.12. The van der Waals surface area contributed by atoms with E-state index in [2.05, 4.69) is 15.3 Å². The SMILES string of the molecule is C[C@H](Sc1nc2ccccc2[nH]1)C(=O)Nc1c(Cl)cccc1Cl. The second-order valence-electron chi connectivity index (χ2n) is 4.91. The van der Waals surface area contributed by atoms with Gasteiger partial charge < -0.3 is 10.3 Å². The minimum absolute atomic E-state index is 0.189. The summed E-state index contributed by atoms with van der Waals surface area (Å²) < 4.78 is 0. The number of carbonyl (C=O) groups excluding carboxylic acids is 1. The zero-order valence-electron chi connectivity index (χ0n) is 12.1. The molecule has 118 valence electrons. The molecule has 0 bridgehead atoms. The second kappa shape index (κ2) is 6.83. The first-order chi connectivity index (χ1) is 11.0. The van der Waals surface area contributed by atoms with Crippen LogP contribution in [0.25, 0.3) is 11.0 Å². The number of hydrogen-bond donors (Lipinski definition) is 2. The number of anilines is 1. The molecule has 0 unspecified atom stereocenters. The number of aromatic nitrogens is 2. The van der Waals surface area contributed by atoms with Crippen LogP contribution in [0.2, 0.25) is 10.0 Å². The average molecular weight is 366 g/mol. The Labute approximate surface area is 147 Å². The summed E-state index contributed by atoms with van der Waals surface area (Å²) in [5.74, 6) is -0.189. The number of fused-ring (bicyclic) bond motifs is 1. The molecule has 2 N–H and O–H groups in total. The first kappa shape index (κ1) is 16.2. The van der Waals surface area contributed by atoms with Gasteiger partial charge in [-0.2, -0.15) is 0 Å². The number of halogens is 2. The van der Waals surface area contributed by atoms with E-state index in [1.165, 1.54) is 11.8 Å². The number of imidazole rings is 1. The van der Waals surface area contributed by atoms with Gasteiger partial charge in [-0.25, -0.2) is 4.98 Å². The van der Waals surface area contributed by atoms with Gasteiger partial charge in [-0.1, -0.05) is 53.2 Å². The highest BCUT2D eigenvalue weighted by Gasteiger charge is 2.18. The summed E-state index contributed by atoms with van der Waals surface area (Å²) in [6.07, 6.45) is 0. The van der Waals surface area contributed by atoms with Crippen molar-refractivity contribution in [2.24, 2.45) is 0 Å². The van der Waals surface area contributed by atoms with Crippen LogP contribution in [0, 0.1) is 0 Å². The Balaban J connectivity index is 1.72. The molecule has 0 spiro atoms. The number of nitrogens with one attached hydrogen (secondary N) is 2. The maximum absolute atomic E-state index is 12.3. The van der Waals surface area contributed by atoms with Crippen LogP contribution >= 0.6 is 35.0 Å². The Kier molecular flexibility index (Phi) is 4.80. The third kappa shape index (κ3) is 3.63. The molecule has 0 radical (unpaired) electrons. The predicted octanol–water partition coefficient (Wildman–Crippen LogP) is 4.99. The van der Waals surface area contributed by atoms with Gasteiger partial charge in [0.05, 0.1) is 32.0 Å². The summed E-state index contributed by atoms with van der Waals surface area (Å²) in [6.45, 7) is 1.80. The largest absolute Gasteiger partial charge is 0.333 e. The Morgan fingerprint density at radius 2 is 1.87 bits per heavy atom. The van der Waals surface area contributed by atoms with Gasteiger partial charge in [-0.3, -0.25) is 4.79 Å². The zero-order valence-corrected chi connectivity index (χ0v) is 14.5. The van der Waals surface area contributed by atoms with Crippen molar-refractivity contribution >= 4 is 57.6 Å². The van der Waals surface area contributed by atoms with Crippen molar-refractivity contribution in [3.8, 4) is 0 Å². The molecule has 0 fully saturated rings. The third-order valence-corrected chi connectivity index (χ3v) is 4.85. The molecule has 1 amide bonds. The average Bonchev–Trinajstić information content (AvgIpc) is 2.93. The molecule has 3 rings (SSSR count). The Morgan fingerprint density at radius 3 is 2.57 bits per heavy atom. The van der Waals surface area contributed by atoms with Crippen molar-refractivity contribution in [1.29, 1.82) is 0 Å². The fourth-order valence-electron chi connectivity index (χ4n) is 2.05. The number of thioether (sulfide) groups is 1. The Hall–Kier alpha value is -1.69. The van der Waals surface area contributed by atoms with Crippen LogP contribution < -0.4 is 5.32 Å². The van der Waals surface area contributed by atoms with E-state index >= 15 is 0 Å². The maximum atomic E-state index is 12.3. The van der Waals surface area contributed by atoms with Crippen LogP contribution in [-0.2, 0) is 4.79 Å². The van der Waals surface area contributed by atoms with Crippen molar-refractivity contribution in [1.82, 2.24) is 9.97 Å². The molecule has 1 atom stereocenters. The summed E-state index contributed by atoms with van der Waals surface area (Å²) in [4.78, 5) is 20.0. The van der Waals surface area contributed by atoms with Crippen molar-refractivity contribution in [2.75, 3.05) is 5.32 Å². The zero-order chi connectivity index (χ0) is 16.4. The molecule has 1 heterocycles. The first-order valence-corrected chi connectivity index (χ1v) is 8.54. The van der Waals surface area contributed by atoms with Crippen molar-refractivity contribution in [3.63, 3.8) is 0 Å². The molecule has 0 saturated heterocycles. The minimum atomic E-state index is -0.358. The van der Waals surface area contributed by atoms with Gasteiger partial charge in [0.1, 0.15) is 0 Å². The number of nitrogens with zero attached hydrogens (tertiary/aromatic N) is 1. The van der Waals surface area contributed by atoms with E-state index in [1.807, 2.05) is 24.3 Å². The smallest absolute Gasteiger partial charge is 0.237 e. The molecule has 4 nitrogen and oxygen atoms in total. The van der Waals surface area contributed by atoms with Gasteiger partial charge in [0.2, 0.25) is 5.91 Å². The second-order valence-corrected chi connectivity index (χ2v) is 7.05. The molecule has 0 saturated carbocycles. The molecule has 0 aliphatic rings. The van der Waals surface area contributed by atoms with E-state index in [-0.39, 0.29) is 11.2 Å². The quantitative estimate of drug-likeness (QED) is 0.640. The van der Waals surface area contributed by atoms with Crippen LogP contribution in [0.3, 0.4) is 0 Å². The highest BCUT2D eigenvalue weighted by molar-refractivity contribution is 8.00. The van der Waals surface area contributed by atoms with Gasteiger partial charge in [0.25, 0.3) is 0 Å². The van der Waals surface area contributed by atoms with E-state index in [1.54, 1.807) is 25.1 Å². The fraction of sp³-hybridized carbons (Fsp3) is 0.125. The number of H-pyrrole nitrogens is 1. The summed E-state index contributed by atoms with van der Waals surface area (Å²) in [6, 6.07) is 12.8. The standard InChI is InChI=1S/C16H13Cl2N3OS/c1-9(15(22)21-14-10(17)5-4-6-11(14)18)23-16-19-12-7-2-3-8-13(12)20-16/h2-9H,1H3,(H,19,20)(H,21,22)/t9-/m0/s1. The Morgan fingerprint density at radius 1 is 1.17 bits per heavy atom. The molecular weight excluding hydrogens is 353 g/mol. The van der Waals surface area contributed by atoms with E-state index in [9.17, 15) is 4.79 Å². The lowest BCUT2D eigenvalue weighted by atomic mass is 10.3. The van der Waals surface area contributed by atoms with Gasteiger partial charge >= 0.3 is 0 Å². The van der Waals surface area contributed by atoms with E-state index in [0.717, 1.165) is 11.0 Å². The van der Waals surface area contributed by atoms with E-state index in [4.69, 9.17) is 23.2 Å². The molecule has 3 aromatic rings. The fourth-order valence-corrected chi connectivity index (χ4v) is 3.36. The molecule has 23 heavy (non-hydrogen) atoms. The summed E-state index contributed by atoms with van der Waals surface area (Å²) in [5, 5.41) is 3.92. The lowest BCUT2D eigenvalue weighted by Crippen LogP contribution is -2.22. The molecule has 7 heteroatoms. The van der Waals surface area contributed by atoms with Crippen molar-refractivity contribution in [2.45, 2.75) is 17.3 Å². The monoisotopic (exact) mass is 365 g/mol. The summed E-state index contributed by atoms with van der Waals surface area (Å²) >= 11 is 13.5. The van der Waals surface area contributed by atoms with Crippen molar-refractivity contribution in [3.05, 3.63) is 52.5 Å². The summed E-state index contributed by atoms with van der Waals surface area (Å²) in [7, 11) is 0. The van der Waals surface area contributed by atoms with Gasteiger partial charge in [-0.15, -0.1) is 0 Å². The normalized spacial score (nSPS) is 12.3. The number of carbonyl (C=O) groups is 1. The third-order valence-electron chi connectivity index (χ3n) is 3.24. The van der Waals surface area contributed by atoms with Gasteiger partial charge in [0.15, 0.2) is 5.16 Å². The van der Waals surface area contributed by atoms with Crippen LogP contribution in [0.15, 0.2) is 47.6 Å². The molecule has 2 aromatic carbocycles. The predicted molar refractivity (Wildman–Crippen MR) is 96.5 cm³/mol. The van der Waals surface area contributed by atoms with E-state index in [0.29, 0.717) is 20.9 Å². The van der Waals surface area contributed by atoms with Gasteiger partial charge in [0, 0.05) is 0 Å². The Bertz CT molecular complexity index is 812. The maximum Gasteiger partial charge on any atom is 0.237 e. The minimum Gasteiger partial charge on any atom is -0.333 e. The molecule has 0 aliphatic carbocycles. The lowest BCUT2D eigenvalue weighted by molar-refractivity contribution is -0.115. The molecule has 0 aliphatic heterocycles. The van der Waals surface area contributed by atoms with Gasteiger partial charge in [-0.05, 0) is 31.2 Å². The number of aromatic amines is 1. The molecular formula is C16H13Cl2N3OS. The highest BCUT2D eigenvalue weighted by Crippen LogP contribution is 2.31. The van der Waals surface area contributed by atoms with Crippen molar-refractivity contribution < 1.29 is 4.79 Å². The molecule has 1 aromatic heterocycles. The van der Waals surface area contributed by atoms with Crippen LogP contribution in [0.4, 0.5) is 5.69 Å². The summed E-state index contributed by atoms with van der Waals surface area (Å²) in [5.41, 5.74) is 2.24. The number of benzene rings is 2. The van der Waals surface area contributed by atoms with Crippen LogP contribution in [0.5, 0.6) is 0 Å². The number of rotatable bonds is 4. The number of amides is 1.